The summed E-state index contributed by atoms with van der Waals surface area (Å²) < 4.78 is 16.9. The average molecular weight is 505 g/mol. The van der Waals surface area contributed by atoms with Crippen LogP contribution in [-0.4, -0.2) is 86.4 Å². The van der Waals surface area contributed by atoms with Crippen LogP contribution in [0.5, 0.6) is 6.01 Å². The van der Waals surface area contributed by atoms with Gasteiger partial charge < -0.3 is 19.1 Å². The zero-order valence-electron chi connectivity index (χ0n) is 19.0. The van der Waals surface area contributed by atoms with E-state index in [0.29, 0.717) is 36.7 Å². The average Bonchev–Trinajstić information content (AvgIpc) is 2.88. The number of hydrogen-bond donors (Lipinski definition) is 2. The zero-order chi connectivity index (χ0) is 23.2. The lowest BCUT2D eigenvalue weighted by Crippen LogP contribution is -2.39. The second kappa shape index (κ2) is 11.5. The first kappa shape index (κ1) is 23.5. The van der Waals surface area contributed by atoms with Gasteiger partial charge in [-0.2, -0.15) is 9.97 Å². The standard InChI is InChI=1S/C23H29ClN6O3S/c24-17-1-2-20-18(15-17)19(3-14-34-20)27-28-21-16-22(30-7-11-32-12-8-30)26-23(25-21)33-13-6-29-4-9-31-10-5-29/h1-3,15-16,27H,4-14H2,(H,25,26,28). The Morgan fingerprint density at radius 3 is 2.62 bits per heavy atom. The summed E-state index contributed by atoms with van der Waals surface area (Å²) in [7, 11) is 0. The minimum atomic E-state index is 0.359. The van der Waals surface area contributed by atoms with Crippen molar-refractivity contribution in [3.8, 4) is 6.01 Å². The molecule has 1 aromatic carbocycles. The smallest absolute Gasteiger partial charge is 0.320 e. The number of fused-ring (bicyclic) bond motifs is 1. The quantitative estimate of drug-likeness (QED) is 0.523. The minimum absolute atomic E-state index is 0.359. The van der Waals surface area contributed by atoms with Crippen molar-refractivity contribution in [3.63, 3.8) is 0 Å². The molecule has 0 unspecified atom stereocenters. The Hall–Kier alpha value is -2.24. The van der Waals surface area contributed by atoms with Crippen molar-refractivity contribution >= 4 is 40.7 Å². The van der Waals surface area contributed by atoms with Gasteiger partial charge in [-0.15, -0.1) is 11.8 Å². The number of benzene rings is 1. The van der Waals surface area contributed by atoms with Crippen LogP contribution in [0.2, 0.25) is 5.02 Å². The van der Waals surface area contributed by atoms with E-state index in [-0.39, 0.29) is 0 Å². The predicted molar refractivity (Wildman–Crippen MR) is 135 cm³/mol. The van der Waals surface area contributed by atoms with Crippen LogP contribution in [0.25, 0.3) is 5.70 Å². The highest BCUT2D eigenvalue weighted by Crippen LogP contribution is 2.34. The van der Waals surface area contributed by atoms with E-state index in [4.69, 9.17) is 25.8 Å². The van der Waals surface area contributed by atoms with E-state index in [2.05, 4.69) is 42.8 Å². The summed E-state index contributed by atoms with van der Waals surface area (Å²) in [5, 5.41) is 0.710. The number of halogens is 1. The van der Waals surface area contributed by atoms with Crippen molar-refractivity contribution in [3.05, 3.63) is 40.9 Å². The molecule has 9 nitrogen and oxygen atoms in total. The lowest BCUT2D eigenvalue weighted by atomic mass is 10.1. The number of hydrogen-bond acceptors (Lipinski definition) is 10. The van der Waals surface area contributed by atoms with E-state index in [1.165, 1.54) is 4.90 Å². The molecule has 0 spiro atoms. The zero-order valence-corrected chi connectivity index (χ0v) is 20.5. The summed E-state index contributed by atoms with van der Waals surface area (Å²) >= 11 is 8.03. The number of ether oxygens (including phenoxy) is 3. The van der Waals surface area contributed by atoms with Crippen LogP contribution in [0.1, 0.15) is 5.56 Å². The fraction of sp³-hybridized carbons (Fsp3) is 0.478. The van der Waals surface area contributed by atoms with Crippen molar-refractivity contribution < 1.29 is 14.2 Å². The number of aromatic nitrogens is 2. The molecule has 2 fully saturated rings. The third-order valence-electron chi connectivity index (χ3n) is 5.85. The van der Waals surface area contributed by atoms with Gasteiger partial charge in [0, 0.05) is 60.0 Å². The molecule has 34 heavy (non-hydrogen) atoms. The number of thioether (sulfide) groups is 1. The van der Waals surface area contributed by atoms with Crippen molar-refractivity contribution in [2.75, 3.05) is 81.8 Å². The molecule has 1 aromatic heterocycles. The van der Waals surface area contributed by atoms with E-state index in [1.807, 2.05) is 18.2 Å². The topological polar surface area (TPSA) is 84.0 Å². The third-order valence-corrected chi connectivity index (χ3v) is 7.09. The Morgan fingerprint density at radius 2 is 1.79 bits per heavy atom. The number of nitrogens with one attached hydrogen (secondary N) is 2. The van der Waals surface area contributed by atoms with Gasteiger partial charge in [0.25, 0.3) is 0 Å². The summed E-state index contributed by atoms with van der Waals surface area (Å²) in [5.41, 5.74) is 8.60. The van der Waals surface area contributed by atoms with Crippen LogP contribution >= 0.6 is 23.4 Å². The second-order valence-electron chi connectivity index (χ2n) is 8.12. The van der Waals surface area contributed by atoms with E-state index in [1.54, 1.807) is 11.8 Å². The van der Waals surface area contributed by atoms with Gasteiger partial charge in [-0.3, -0.25) is 15.8 Å². The maximum absolute atomic E-state index is 6.24. The first-order valence-corrected chi connectivity index (χ1v) is 12.9. The molecule has 2 aromatic rings. The van der Waals surface area contributed by atoms with E-state index >= 15 is 0 Å². The van der Waals surface area contributed by atoms with Crippen LogP contribution in [-0.2, 0) is 9.47 Å². The molecule has 0 radical (unpaired) electrons. The number of rotatable bonds is 8. The maximum Gasteiger partial charge on any atom is 0.320 e. The minimum Gasteiger partial charge on any atom is -0.462 e. The molecule has 3 aliphatic heterocycles. The summed E-state index contributed by atoms with van der Waals surface area (Å²) in [6.45, 7) is 7.65. The lowest BCUT2D eigenvalue weighted by Gasteiger charge is -2.28. The molecule has 0 atom stereocenters. The number of morpholine rings is 2. The van der Waals surface area contributed by atoms with Gasteiger partial charge in [-0.1, -0.05) is 11.6 Å². The lowest BCUT2D eigenvalue weighted by molar-refractivity contribution is 0.0317. The first-order chi connectivity index (χ1) is 16.7. The Kier molecular flexibility index (Phi) is 7.92. The van der Waals surface area contributed by atoms with Gasteiger partial charge >= 0.3 is 6.01 Å². The van der Waals surface area contributed by atoms with Crippen LogP contribution < -0.4 is 20.5 Å². The molecule has 3 aliphatic rings. The van der Waals surface area contributed by atoms with Gasteiger partial charge in [-0.05, 0) is 24.3 Å². The molecule has 11 heteroatoms. The third kappa shape index (κ3) is 6.05. The van der Waals surface area contributed by atoms with Crippen LogP contribution in [0, 0.1) is 0 Å². The molecule has 182 valence electrons. The highest BCUT2D eigenvalue weighted by molar-refractivity contribution is 7.99. The van der Waals surface area contributed by atoms with Crippen LogP contribution in [0.3, 0.4) is 0 Å². The normalized spacial score (nSPS) is 18.7. The largest absolute Gasteiger partial charge is 0.462 e. The fourth-order valence-corrected chi connectivity index (χ4v) is 5.09. The van der Waals surface area contributed by atoms with Crippen molar-refractivity contribution in [1.29, 1.82) is 0 Å². The first-order valence-electron chi connectivity index (χ1n) is 11.5. The molecule has 0 saturated carbocycles. The maximum atomic E-state index is 6.24. The van der Waals surface area contributed by atoms with Crippen molar-refractivity contribution in [2.24, 2.45) is 0 Å². The van der Waals surface area contributed by atoms with E-state index < -0.39 is 0 Å². The van der Waals surface area contributed by atoms with Gasteiger partial charge in [-0.25, -0.2) is 0 Å². The van der Waals surface area contributed by atoms with Crippen molar-refractivity contribution in [2.45, 2.75) is 4.90 Å². The summed E-state index contributed by atoms with van der Waals surface area (Å²) in [6, 6.07) is 8.24. The van der Waals surface area contributed by atoms with Gasteiger partial charge in [0.05, 0.1) is 32.1 Å². The Balaban J connectivity index is 1.29. The molecule has 0 aliphatic carbocycles. The van der Waals surface area contributed by atoms with Crippen molar-refractivity contribution in [1.82, 2.24) is 20.3 Å². The van der Waals surface area contributed by atoms with Gasteiger partial charge in [0.15, 0.2) is 5.82 Å². The van der Waals surface area contributed by atoms with Gasteiger partial charge in [0.2, 0.25) is 0 Å². The van der Waals surface area contributed by atoms with Crippen LogP contribution in [0.15, 0.2) is 35.2 Å². The number of nitrogens with zero attached hydrogens (tertiary/aromatic N) is 4. The summed E-state index contributed by atoms with van der Waals surface area (Å²) in [4.78, 5) is 15.0. The molecule has 0 amide bonds. The molecule has 4 heterocycles. The summed E-state index contributed by atoms with van der Waals surface area (Å²) in [6.07, 6.45) is 2.14. The monoisotopic (exact) mass is 504 g/mol. The van der Waals surface area contributed by atoms with E-state index in [0.717, 1.165) is 68.8 Å². The Morgan fingerprint density at radius 1 is 1.00 bits per heavy atom. The Labute approximate surface area is 208 Å². The van der Waals surface area contributed by atoms with E-state index in [9.17, 15) is 0 Å². The summed E-state index contributed by atoms with van der Waals surface area (Å²) in [5.74, 6) is 2.35. The highest BCUT2D eigenvalue weighted by atomic mass is 35.5. The second-order valence-corrected chi connectivity index (χ2v) is 9.61. The number of hydrazine groups is 1. The molecule has 2 N–H and O–H groups in total. The predicted octanol–water partition coefficient (Wildman–Crippen LogP) is 2.74. The SMILES string of the molecule is Clc1ccc2c(c1)C(NNc1cc(N3CCOCC3)nc(OCCN3CCOCC3)n1)=CCS2. The highest BCUT2D eigenvalue weighted by Gasteiger charge is 2.18. The molecule has 5 rings (SSSR count). The molecular formula is C23H29ClN6O3S. The molecular weight excluding hydrogens is 476 g/mol. The van der Waals surface area contributed by atoms with Gasteiger partial charge in [0.1, 0.15) is 12.4 Å². The fourth-order valence-electron chi connectivity index (χ4n) is 4.00. The van der Waals surface area contributed by atoms with Crippen LogP contribution in [0.4, 0.5) is 11.6 Å². The molecule has 0 bridgehead atoms. The molecule has 2 saturated heterocycles. The Bertz CT molecular complexity index is 1010. The number of anilines is 2.